The predicted molar refractivity (Wildman–Crippen MR) is 116 cm³/mol. The number of hydrogen-bond acceptors (Lipinski definition) is 8. The quantitative estimate of drug-likeness (QED) is 0.358. The topological polar surface area (TPSA) is 110 Å². The third-order valence-corrected chi connectivity index (χ3v) is 6.19. The molecule has 3 aromatic heterocycles. The second kappa shape index (κ2) is 7.76. The standard InChI is InChI=1S/C20H17N7O3S/c28-19(14-12-22-26(13-14)15-3-5-16(6-4-15)27(29)30)24-8-10-25(11-9-24)20-23-17-2-1-7-21-18(17)31-20/h1-7,12-13H,8-11H2. The number of carbonyl (C=O) groups excluding carboxylic acids is 1. The Morgan fingerprint density at radius 2 is 1.87 bits per heavy atom. The zero-order valence-electron chi connectivity index (χ0n) is 16.3. The summed E-state index contributed by atoms with van der Waals surface area (Å²) >= 11 is 1.56. The van der Waals surface area contributed by atoms with Crippen LogP contribution >= 0.6 is 11.3 Å². The van der Waals surface area contributed by atoms with Crippen LogP contribution in [-0.4, -0.2) is 61.7 Å². The van der Waals surface area contributed by atoms with E-state index in [9.17, 15) is 14.9 Å². The molecule has 10 nitrogen and oxygen atoms in total. The van der Waals surface area contributed by atoms with Crippen LogP contribution in [0.2, 0.25) is 0 Å². The zero-order valence-corrected chi connectivity index (χ0v) is 17.1. The summed E-state index contributed by atoms with van der Waals surface area (Å²) in [6, 6.07) is 9.85. The molecule has 1 fully saturated rings. The first-order chi connectivity index (χ1) is 15.1. The largest absolute Gasteiger partial charge is 0.344 e. The van der Waals surface area contributed by atoms with Gasteiger partial charge in [0.25, 0.3) is 11.6 Å². The maximum atomic E-state index is 12.9. The van der Waals surface area contributed by atoms with Crippen LogP contribution in [0.15, 0.2) is 55.0 Å². The molecule has 1 aromatic carbocycles. The fraction of sp³-hybridized carbons (Fsp3) is 0.200. The molecule has 0 atom stereocenters. The highest BCUT2D eigenvalue weighted by Gasteiger charge is 2.25. The van der Waals surface area contributed by atoms with Gasteiger partial charge in [0.15, 0.2) is 5.13 Å². The van der Waals surface area contributed by atoms with E-state index in [2.05, 4.69) is 20.0 Å². The highest BCUT2D eigenvalue weighted by Crippen LogP contribution is 2.27. The number of non-ortho nitro benzene ring substituents is 1. The van der Waals surface area contributed by atoms with Crippen LogP contribution in [0, 0.1) is 10.1 Å². The van der Waals surface area contributed by atoms with Gasteiger partial charge in [-0.2, -0.15) is 5.10 Å². The van der Waals surface area contributed by atoms with Gasteiger partial charge in [-0.15, -0.1) is 0 Å². The van der Waals surface area contributed by atoms with Crippen molar-refractivity contribution in [1.82, 2.24) is 24.6 Å². The number of nitro benzene ring substituents is 1. The van der Waals surface area contributed by atoms with Crippen molar-refractivity contribution >= 4 is 38.4 Å². The van der Waals surface area contributed by atoms with Crippen molar-refractivity contribution < 1.29 is 9.72 Å². The average Bonchev–Trinajstić information content (AvgIpc) is 3.46. The molecule has 0 saturated carbocycles. The number of rotatable bonds is 4. The summed E-state index contributed by atoms with van der Waals surface area (Å²) < 4.78 is 1.54. The second-order valence-electron chi connectivity index (χ2n) is 7.05. The lowest BCUT2D eigenvalue weighted by Crippen LogP contribution is -2.48. The highest BCUT2D eigenvalue weighted by atomic mass is 32.1. The number of anilines is 1. The number of pyridine rings is 1. The summed E-state index contributed by atoms with van der Waals surface area (Å²) in [5.41, 5.74) is 2.03. The zero-order chi connectivity index (χ0) is 21.4. The number of nitro groups is 1. The summed E-state index contributed by atoms with van der Waals surface area (Å²) in [6.45, 7) is 2.57. The molecule has 0 aliphatic carbocycles. The Kier molecular flexibility index (Phi) is 4.79. The molecule has 0 spiro atoms. The lowest BCUT2D eigenvalue weighted by Gasteiger charge is -2.34. The average molecular weight is 435 g/mol. The number of piperazine rings is 1. The molecular formula is C20H17N7O3S. The molecular weight excluding hydrogens is 418 g/mol. The first-order valence-electron chi connectivity index (χ1n) is 9.64. The van der Waals surface area contributed by atoms with E-state index in [-0.39, 0.29) is 11.6 Å². The molecule has 1 amide bonds. The van der Waals surface area contributed by atoms with Gasteiger partial charge in [0.2, 0.25) is 0 Å². The lowest BCUT2D eigenvalue weighted by atomic mass is 10.2. The van der Waals surface area contributed by atoms with Crippen LogP contribution in [-0.2, 0) is 0 Å². The number of hydrogen-bond donors (Lipinski definition) is 0. The van der Waals surface area contributed by atoms with Gasteiger partial charge in [-0.3, -0.25) is 14.9 Å². The van der Waals surface area contributed by atoms with E-state index in [1.807, 2.05) is 12.1 Å². The van der Waals surface area contributed by atoms with Gasteiger partial charge < -0.3 is 9.80 Å². The number of aromatic nitrogens is 4. The second-order valence-corrected chi connectivity index (χ2v) is 8.01. The van der Waals surface area contributed by atoms with Crippen molar-refractivity contribution in [2.75, 3.05) is 31.1 Å². The van der Waals surface area contributed by atoms with E-state index in [4.69, 9.17) is 0 Å². The molecule has 11 heteroatoms. The van der Waals surface area contributed by atoms with Crippen molar-refractivity contribution in [3.05, 3.63) is 70.7 Å². The number of benzene rings is 1. The summed E-state index contributed by atoms with van der Waals surface area (Å²) in [4.78, 5) is 37.1. The maximum Gasteiger partial charge on any atom is 0.269 e. The Morgan fingerprint density at radius 3 is 2.58 bits per heavy atom. The van der Waals surface area contributed by atoms with Crippen LogP contribution in [0.4, 0.5) is 10.8 Å². The summed E-state index contributed by atoms with van der Waals surface area (Å²) in [6.07, 6.45) is 4.93. The number of carbonyl (C=O) groups is 1. The van der Waals surface area contributed by atoms with E-state index in [0.717, 1.165) is 15.5 Å². The summed E-state index contributed by atoms with van der Waals surface area (Å²) in [5, 5.41) is 16.0. The molecule has 0 bridgehead atoms. The molecule has 31 heavy (non-hydrogen) atoms. The van der Waals surface area contributed by atoms with Crippen molar-refractivity contribution in [3.63, 3.8) is 0 Å². The molecule has 1 aliphatic rings. The van der Waals surface area contributed by atoms with E-state index >= 15 is 0 Å². The smallest absolute Gasteiger partial charge is 0.269 e. The minimum Gasteiger partial charge on any atom is -0.344 e. The highest BCUT2D eigenvalue weighted by molar-refractivity contribution is 7.21. The Morgan fingerprint density at radius 1 is 1.10 bits per heavy atom. The van der Waals surface area contributed by atoms with Gasteiger partial charge in [0.05, 0.1) is 22.4 Å². The fourth-order valence-corrected chi connectivity index (χ4v) is 4.44. The number of nitrogens with zero attached hydrogens (tertiary/aromatic N) is 7. The normalized spacial score (nSPS) is 14.2. The lowest BCUT2D eigenvalue weighted by molar-refractivity contribution is -0.384. The first-order valence-corrected chi connectivity index (χ1v) is 10.5. The molecule has 0 unspecified atom stereocenters. The van der Waals surface area contributed by atoms with Gasteiger partial charge in [-0.05, 0) is 24.3 Å². The van der Waals surface area contributed by atoms with Gasteiger partial charge in [-0.25, -0.2) is 14.6 Å². The van der Waals surface area contributed by atoms with Crippen LogP contribution in [0.5, 0.6) is 0 Å². The number of fused-ring (bicyclic) bond motifs is 1. The van der Waals surface area contributed by atoms with Crippen LogP contribution in [0.3, 0.4) is 0 Å². The summed E-state index contributed by atoms with van der Waals surface area (Å²) in [5.74, 6) is -0.0845. The van der Waals surface area contributed by atoms with Gasteiger partial charge in [-0.1, -0.05) is 11.3 Å². The van der Waals surface area contributed by atoms with Crippen LogP contribution in [0.1, 0.15) is 10.4 Å². The monoisotopic (exact) mass is 435 g/mol. The SMILES string of the molecule is O=C(c1cnn(-c2ccc([N+](=O)[O-])cc2)c1)N1CCN(c2nc3cccnc3s2)CC1. The molecule has 1 saturated heterocycles. The minimum absolute atomic E-state index is 0.00832. The number of thiazole rings is 1. The van der Waals surface area contributed by atoms with E-state index in [1.54, 1.807) is 45.4 Å². The van der Waals surface area contributed by atoms with E-state index in [1.165, 1.54) is 18.3 Å². The first kappa shape index (κ1) is 19.1. The molecule has 4 aromatic rings. The Labute approximate surface area is 180 Å². The third kappa shape index (κ3) is 3.70. The molecule has 4 heterocycles. The van der Waals surface area contributed by atoms with Gasteiger partial charge >= 0.3 is 0 Å². The molecule has 0 radical (unpaired) electrons. The van der Waals surface area contributed by atoms with Crippen molar-refractivity contribution in [2.24, 2.45) is 0 Å². The fourth-order valence-electron chi connectivity index (χ4n) is 3.48. The predicted octanol–water partition coefficient (Wildman–Crippen LogP) is 2.75. The van der Waals surface area contributed by atoms with Gasteiger partial charge in [0, 0.05) is 50.7 Å². The van der Waals surface area contributed by atoms with Crippen LogP contribution in [0.25, 0.3) is 16.0 Å². The minimum atomic E-state index is -0.452. The number of amides is 1. The Hall–Kier alpha value is -3.86. The Bertz CT molecular complexity index is 1230. The van der Waals surface area contributed by atoms with Crippen LogP contribution < -0.4 is 4.90 Å². The van der Waals surface area contributed by atoms with E-state index in [0.29, 0.717) is 37.4 Å². The molecule has 0 N–H and O–H groups in total. The maximum absolute atomic E-state index is 12.9. The van der Waals surface area contributed by atoms with Gasteiger partial charge in [0.1, 0.15) is 10.3 Å². The molecule has 156 valence electrons. The Balaban J connectivity index is 1.25. The third-order valence-electron chi connectivity index (χ3n) is 5.15. The summed E-state index contributed by atoms with van der Waals surface area (Å²) in [7, 11) is 0. The molecule has 5 rings (SSSR count). The van der Waals surface area contributed by atoms with Crippen molar-refractivity contribution in [2.45, 2.75) is 0 Å². The van der Waals surface area contributed by atoms with Crippen molar-refractivity contribution in [3.8, 4) is 5.69 Å². The van der Waals surface area contributed by atoms with E-state index < -0.39 is 4.92 Å². The van der Waals surface area contributed by atoms with Crippen molar-refractivity contribution in [1.29, 1.82) is 0 Å². The molecule has 1 aliphatic heterocycles.